The average Bonchev–Trinajstić information content (AvgIpc) is 2.73. The van der Waals surface area contributed by atoms with Crippen LogP contribution in [-0.4, -0.2) is 50.4 Å². The Kier molecular flexibility index (Phi) is 8.62. The van der Waals surface area contributed by atoms with Gasteiger partial charge in [-0.15, -0.1) is 0 Å². The molecule has 1 aromatic heterocycles. The van der Waals surface area contributed by atoms with Gasteiger partial charge in [0.1, 0.15) is 17.9 Å². The normalized spacial score (nSPS) is 11.0. The molecule has 0 spiro atoms. The van der Waals surface area contributed by atoms with E-state index in [-0.39, 0.29) is 42.7 Å². The average molecular weight is 442 g/mol. The van der Waals surface area contributed by atoms with Crippen molar-refractivity contribution in [3.8, 4) is 11.6 Å². The fraction of sp³-hybridized carbons (Fsp3) is 0.350. The number of pyridine rings is 1. The Balaban J connectivity index is 2.08. The van der Waals surface area contributed by atoms with Crippen LogP contribution in [0.4, 0.5) is 18.9 Å². The molecule has 0 radical (unpaired) electrons. The number of hydrogen-bond donors (Lipinski definition) is 1. The maximum absolute atomic E-state index is 13.0. The van der Waals surface area contributed by atoms with Crippen LogP contribution in [0.1, 0.15) is 22.8 Å². The molecule has 31 heavy (non-hydrogen) atoms. The van der Waals surface area contributed by atoms with Crippen LogP contribution in [0.25, 0.3) is 0 Å². The Morgan fingerprint density at radius 1 is 1.13 bits per heavy atom. The molecule has 0 atom stereocenters. The van der Waals surface area contributed by atoms with E-state index in [0.717, 1.165) is 18.2 Å². The van der Waals surface area contributed by atoms with E-state index in [1.807, 2.05) is 0 Å². The van der Waals surface area contributed by atoms with Gasteiger partial charge in [-0.2, -0.15) is 13.2 Å². The molecule has 0 aliphatic carbocycles. The quantitative estimate of drug-likeness (QED) is 0.445. The minimum Gasteiger partial charge on any atom is -0.489 e. The van der Waals surface area contributed by atoms with E-state index < -0.39 is 30.2 Å². The van der Waals surface area contributed by atoms with Gasteiger partial charge in [0, 0.05) is 13.3 Å². The fourth-order valence-electron chi connectivity index (χ4n) is 2.36. The van der Waals surface area contributed by atoms with E-state index in [1.165, 1.54) is 25.4 Å². The topological polar surface area (TPSA) is 96.0 Å². The molecule has 1 amide bonds. The zero-order valence-corrected chi connectivity index (χ0v) is 16.8. The molecule has 0 bridgehead atoms. The van der Waals surface area contributed by atoms with Crippen molar-refractivity contribution in [1.82, 2.24) is 4.98 Å². The molecule has 0 saturated heterocycles. The minimum absolute atomic E-state index is 0.00983. The van der Waals surface area contributed by atoms with Crippen LogP contribution < -0.4 is 14.8 Å². The zero-order valence-electron chi connectivity index (χ0n) is 16.8. The number of anilines is 1. The van der Waals surface area contributed by atoms with Crippen molar-refractivity contribution in [3.05, 3.63) is 47.7 Å². The van der Waals surface area contributed by atoms with E-state index in [1.54, 1.807) is 6.92 Å². The number of rotatable bonds is 10. The highest BCUT2D eigenvalue weighted by Gasteiger charge is 2.31. The smallest absolute Gasteiger partial charge is 0.416 e. The lowest BCUT2D eigenvalue weighted by Crippen LogP contribution is -2.22. The van der Waals surface area contributed by atoms with Crippen molar-refractivity contribution < 1.29 is 41.7 Å². The standard InChI is InChI=1S/C20H21F3N2O6/c1-3-29-18-14(5-4-8-24-18)19(27)31-12-17(26)25-15-11-13(20(21,22)23)6-7-16(15)30-10-9-28-2/h4-8,11H,3,9-10,12H2,1-2H3,(H,25,26). The first-order valence-corrected chi connectivity index (χ1v) is 9.14. The van der Waals surface area contributed by atoms with Crippen LogP contribution in [0.3, 0.4) is 0 Å². The van der Waals surface area contributed by atoms with Crippen LogP contribution in [0.2, 0.25) is 0 Å². The molecular formula is C20H21F3N2O6. The Morgan fingerprint density at radius 2 is 1.90 bits per heavy atom. The number of methoxy groups -OCH3 is 1. The lowest BCUT2D eigenvalue weighted by Gasteiger charge is -2.15. The van der Waals surface area contributed by atoms with Crippen molar-refractivity contribution >= 4 is 17.6 Å². The van der Waals surface area contributed by atoms with E-state index in [4.69, 9.17) is 18.9 Å². The van der Waals surface area contributed by atoms with Crippen molar-refractivity contribution in [2.24, 2.45) is 0 Å². The third kappa shape index (κ3) is 7.14. The molecule has 0 saturated carbocycles. The summed E-state index contributed by atoms with van der Waals surface area (Å²) in [5.74, 6) is -1.67. The molecule has 0 aliphatic rings. The summed E-state index contributed by atoms with van der Waals surface area (Å²) in [7, 11) is 1.44. The van der Waals surface area contributed by atoms with Gasteiger partial charge in [-0.25, -0.2) is 9.78 Å². The summed E-state index contributed by atoms with van der Waals surface area (Å²) in [6, 6.07) is 5.55. The molecule has 2 rings (SSSR count). The summed E-state index contributed by atoms with van der Waals surface area (Å²) >= 11 is 0. The highest BCUT2D eigenvalue weighted by Crippen LogP contribution is 2.35. The summed E-state index contributed by atoms with van der Waals surface area (Å²) in [5.41, 5.74) is -1.18. The van der Waals surface area contributed by atoms with Gasteiger partial charge in [0.25, 0.3) is 5.91 Å². The number of aromatic nitrogens is 1. The van der Waals surface area contributed by atoms with Gasteiger partial charge >= 0.3 is 12.1 Å². The Bertz CT molecular complexity index is 905. The molecule has 8 nitrogen and oxygen atoms in total. The summed E-state index contributed by atoms with van der Waals surface area (Å²) in [6.07, 6.45) is -3.19. The molecule has 0 aliphatic heterocycles. The second kappa shape index (κ2) is 11.2. The number of alkyl halides is 3. The molecule has 1 aromatic carbocycles. The van der Waals surface area contributed by atoms with Gasteiger partial charge in [0.15, 0.2) is 6.61 Å². The van der Waals surface area contributed by atoms with E-state index in [9.17, 15) is 22.8 Å². The first kappa shape index (κ1) is 23.9. The van der Waals surface area contributed by atoms with Gasteiger partial charge in [0.2, 0.25) is 5.88 Å². The number of esters is 1. The second-order valence-electron chi connectivity index (χ2n) is 5.96. The van der Waals surface area contributed by atoms with Crippen LogP contribution in [0, 0.1) is 0 Å². The number of ether oxygens (including phenoxy) is 4. The molecule has 0 unspecified atom stereocenters. The monoisotopic (exact) mass is 442 g/mol. The number of benzene rings is 1. The highest BCUT2D eigenvalue weighted by atomic mass is 19.4. The summed E-state index contributed by atoms with van der Waals surface area (Å²) in [6.45, 7) is 1.48. The van der Waals surface area contributed by atoms with Crippen molar-refractivity contribution in [2.45, 2.75) is 13.1 Å². The van der Waals surface area contributed by atoms with Gasteiger partial charge in [0.05, 0.1) is 24.5 Å². The number of amides is 1. The van der Waals surface area contributed by atoms with Crippen LogP contribution in [0.15, 0.2) is 36.5 Å². The lowest BCUT2D eigenvalue weighted by atomic mass is 10.1. The van der Waals surface area contributed by atoms with Gasteiger partial charge in [-0.1, -0.05) is 0 Å². The molecule has 168 valence electrons. The third-order valence-corrected chi connectivity index (χ3v) is 3.73. The molecule has 2 aromatic rings. The number of nitrogens with one attached hydrogen (secondary N) is 1. The van der Waals surface area contributed by atoms with E-state index in [2.05, 4.69) is 10.3 Å². The summed E-state index contributed by atoms with van der Waals surface area (Å²) in [4.78, 5) is 28.3. The molecule has 1 heterocycles. The third-order valence-electron chi connectivity index (χ3n) is 3.73. The minimum atomic E-state index is -4.62. The second-order valence-corrected chi connectivity index (χ2v) is 5.96. The predicted octanol–water partition coefficient (Wildman–Crippen LogP) is 3.32. The van der Waals surface area contributed by atoms with Crippen molar-refractivity contribution in [2.75, 3.05) is 38.9 Å². The van der Waals surface area contributed by atoms with E-state index in [0.29, 0.717) is 0 Å². The molecule has 0 fully saturated rings. The number of halogens is 3. The molecular weight excluding hydrogens is 421 g/mol. The molecule has 1 N–H and O–H groups in total. The first-order valence-electron chi connectivity index (χ1n) is 9.14. The van der Waals surface area contributed by atoms with Gasteiger partial charge in [-0.3, -0.25) is 4.79 Å². The van der Waals surface area contributed by atoms with Crippen LogP contribution in [0.5, 0.6) is 11.6 Å². The summed E-state index contributed by atoms with van der Waals surface area (Å²) in [5, 5.41) is 2.27. The maximum Gasteiger partial charge on any atom is 0.416 e. The molecule has 11 heteroatoms. The maximum atomic E-state index is 13.0. The number of hydrogen-bond acceptors (Lipinski definition) is 7. The SMILES string of the molecule is CCOc1ncccc1C(=O)OCC(=O)Nc1cc(C(F)(F)F)ccc1OCCOC. The van der Waals surface area contributed by atoms with Crippen LogP contribution in [-0.2, 0) is 20.4 Å². The van der Waals surface area contributed by atoms with Crippen molar-refractivity contribution in [3.63, 3.8) is 0 Å². The Morgan fingerprint density at radius 3 is 2.58 bits per heavy atom. The Labute approximate surface area is 176 Å². The van der Waals surface area contributed by atoms with Gasteiger partial charge in [-0.05, 0) is 37.3 Å². The summed E-state index contributed by atoms with van der Waals surface area (Å²) < 4.78 is 59.4. The number of carbonyl (C=O) groups excluding carboxylic acids is 2. The number of carbonyl (C=O) groups is 2. The van der Waals surface area contributed by atoms with Crippen molar-refractivity contribution in [1.29, 1.82) is 0 Å². The highest BCUT2D eigenvalue weighted by molar-refractivity contribution is 5.97. The zero-order chi connectivity index (χ0) is 22.9. The van der Waals surface area contributed by atoms with Crippen LogP contribution >= 0.6 is 0 Å². The fourth-order valence-corrected chi connectivity index (χ4v) is 2.36. The first-order chi connectivity index (χ1) is 14.8. The van der Waals surface area contributed by atoms with Gasteiger partial charge < -0.3 is 24.3 Å². The van der Waals surface area contributed by atoms with E-state index >= 15 is 0 Å². The largest absolute Gasteiger partial charge is 0.489 e. The number of nitrogens with zero attached hydrogens (tertiary/aromatic N) is 1. The lowest BCUT2D eigenvalue weighted by molar-refractivity contribution is -0.137. The Hall–Kier alpha value is -3.34. The predicted molar refractivity (Wildman–Crippen MR) is 103 cm³/mol.